The van der Waals surface area contributed by atoms with E-state index in [1.54, 1.807) is 6.07 Å². The van der Waals surface area contributed by atoms with Crippen molar-refractivity contribution in [2.45, 2.75) is 24.6 Å². The van der Waals surface area contributed by atoms with Crippen molar-refractivity contribution in [2.75, 3.05) is 11.1 Å². The topological polar surface area (TPSA) is 37.8 Å². The molecule has 1 aromatic heterocycles. The highest BCUT2D eigenvalue weighted by atomic mass is 35.5. The van der Waals surface area contributed by atoms with Crippen LogP contribution in [-0.4, -0.2) is 26.5 Å². The molecule has 15 heavy (non-hydrogen) atoms. The Kier molecular flexibility index (Phi) is 3.01. The Morgan fingerprint density at radius 1 is 1.47 bits per heavy atom. The van der Waals surface area contributed by atoms with Crippen LogP contribution in [0.15, 0.2) is 6.07 Å². The van der Waals surface area contributed by atoms with E-state index in [2.05, 4.69) is 29.1 Å². The standard InChI is InChI=1S/C9H11Cl2N3S/c1-9(2)5(4-15-9)12-7-3-6(10)13-8(11)14-7/h3,5H,4H2,1-2H3,(H,12,13,14). The molecule has 1 N–H and O–H groups in total. The van der Waals surface area contributed by atoms with Crippen molar-refractivity contribution >= 4 is 40.8 Å². The Labute approximate surface area is 103 Å². The van der Waals surface area contributed by atoms with E-state index >= 15 is 0 Å². The summed E-state index contributed by atoms with van der Waals surface area (Å²) in [5.41, 5.74) is 0. The quantitative estimate of drug-likeness (QED) is 0.658. The smallest absolute Gasteiger partial charge is 0.225 e. The molecule has 6 heteroatoms. The predicted molar refractivity (Wildman–Crippen MR) is 66.0 cm³/mol. The number of anilines is 1. The zero-order valence-corrected chi connectivity index (χ0v) is 10.7. The van der Waals surface area contributed by atoms with Crippen molar-refractivity contribution in [3.05, 3.63) is 16.5 Å². The van der Waals surface area contributed by atoms with Gasteiger partial charge < -0.3 is 5.32 Å². The highest BCUT2D eigenvalue weighted by Crippen LogP contribution is 2.41. The Morgan fingerprint density at radius 3 is 2.67 bits per heavy atom. The number of halogens is 2. The molecule has 82 valence electrons. The average Bonchev–Trinajstić information content (AvgIpc) is 2.11. The zero-order valence-electron chi connectivity index (χ0n) is 8.42. The SMILES string of the molecule is CC1(C)SCC1Nc1cc(Cl)nc(Cl)n1. The highest BCUT2D eigenvalue weighted by Gasteiger charge is 2.39. The number of nitrogens with one attached hydrogen (secondary N) is 1. The molecule has 0 aromatic carbocycles. The summed E-state index contributed by atoms with van der Waals surface area (Å²) >= 11 is 13.4. The number of hydrogen-bond acceptors (Lipinski definition) is 4. The van der Waals surface area contributed by atoms with Crippen molar-refractivity contribution < 1.29 is 0 Å². The summed E-state index contributed by atoms with van der Waals surface area (Å²) in [7, 11) is 0. The lowest BCUT2D eigenvalue weighted by atomic mass is 10.0. The van der Waals surface area contributed by atoms with Crippen molar-refractivity contribution in [1.82, 2.24) is 9.97 Å². The lowest BCUT2D eigenvalue weighted by molar-refractivity contribution is 0.574. The normalized spacial score (nSPS) is 23.3. The monoisotopic (exact) mass is 263 g/mol. The number of thioether (sulfide) groups is 1. The van der Waals surface area contributed by atoms with Crippen molar-refractivity contribution in [2.24, 2.45) is 0 Å². The van der Waals surface area contributed by atoms with Crippen LogP contribution in [0.4, 0.5) is 5.82 Å². The van der Waals surface area contributed by atoms with E-state index in [1.807, 2.05) is 11.8 Å². The minimum atomic E-state index is 0.176. The molecule has 1 fully saturated rings. The summed E-state index contributed by atoms with van der Waals surface area (Å²) in [6, 6.07) is 2.09. The van der Waals surface area contributed by atoms with Crippen molar-refractivity contribution in [3.63, 3.8) is 0 Å². The number of hydrogen-bond donors (Lipinski definition) is 1. The molecule has 0 amide bonds. The van der Waals surface area contributed by atoms with Gasteiger partial charge in [-0.15, -0.1) is 0 Å². The van der Waals surface area contributed by atoms with Gasteiger partial charge in [0.25, 0.3) is 0 Å². The summed E-state index contributed by atoms with van der Waals surface area (Å²) in [4.78, 5) is 7.87. The Balaban J connectivity index is 2.11. The Bertz CT molecular complexity index is 363. The summed E-state index contributed by atoms with van der Waals surface area (Å²) in [5.74, 6) is 1.77. The van der Waals surface area contributed by atoms with Gasteiger partial charge in [-0.1, -0.05) is 11.6 Å². The fourth-order valence-electron chi connectivity index (χ4n) is 1.36. The molecule has 1 saturated heterocycles. The number of aromatic nitrogens is 2. The lowest BCUT2D eigenvalue weighted by Crippen LogP contribution is -2.50. The fourth-order valence-corrected chi connectivity index (χ4v) is 2.91. The highest BCUT2D eigenvalue weighted by molar-refractivity contribution is 8.02. The first-order valence-electron chi connectivity index (χ1n) is 4.58. The predicted octanol–water partition coefficient (Wildman–Crippen LogP) is 3.09. The first-order chi connectivity index (χ1) is 6.97. The van der Waals surface area contributed by atoms with Crippen LogP contribution >= 0.6 is 35.0 Å². The largest absolute Gasteiger partial charge is 0.365 e. The maximum absolute atomic E-state index is 5.79. The average molecular weight is 264 g/mol. The minimum absolute atomic E-state index is 0.176. The Morgan fingerprint density at radius 2 is 2.20 bits per heavy atom. The third-order valence-electron chi connectivity index (χ3n) is 2.45. The van der Waals surface area contributed by atoms with E-state index in [-0.39, 0.29) is 10.0 Å². The van der Waals surface area contributed by atoms with Gasteiger partial charge in [-0.2, -0.15) is 11.8 Å². The number of rotatable bonds is 2. The van der Waals surface area contributed by atoms with Gasteiger partial charge in [-0.25, -0.2) is 9.97 Å². The molecular formula is C9H11Cl2N3S. The summed E-state index contributed by atoms with van der Waals surface area (Å²) in [6.07, 6.45) is 0. The van der Waals surface area contributed by atoms with Crippen LogP contribution in [0.3, 0.4) is 0 Å². The van der Waals surface area contributed by atoms with Crippen LogP contribution in [0, 0.1) is 0 Å². The van der Waals surface area contributed by atoms with Crippen molar-refractivity contribution in [1.29, 1.82) is 0 Å². The van der Waals surface area contributed by atoms with Gasteiger partial charge in [-0.3, -0.25) is 0 Å². The van der Waals surface area contributed by atoms with Gasteiger partial charge >= 0.3 is 0 Å². The van der Waals surface area contributed by atoms with Gasteiger partial charge in [0.1, 0.15) is 11.0 Å². The van der Waals surface area contributed by atoms with Crippen LogP contribution in [0.1, 0.15) is 13.8 Å². The zero-order chi connectivity index (χ0) is 11.1. The molecule has 0 bridgehead atoms. The summed E-state index contributed by atoms with van der Waals surface area (Å²) < 4.78 is 0.240. The second-order valence-electron chi connectivity index (χ2n) is 3.96. The fraction of sp³-hybridized carbons (Fsp3) is 0.556. The summed E-state index contributed by atoms with van der Waals surface area (Å²) in [6.45, 7) is 4.40. The van der Waals surface area contributed by atoms with E-state index < -0.39 is 0 Å². The van der Waals surface area contributed by atoms with Gasteiger partial charge in [0, 0.05) is 16.6 Å². The van der Waals surface area contributed by atoms with E-state index in [4.69, 9.17) is 23.2 Å². The first-order valence-corrected chi connectivity index (χ1v) is 6.32. The molecule has 1 aliphatic heterocycles. The minimum Gasteiger partial charge on any atom is -0.365 e. The Hall–Kier alpha value is -0.190. The molecule has 0 radical (unpaired) electrons. The van der Waals surface area contributed by atoms with Crippen LogP contribution in [-0.2, 0) is 0 Å². The van der Waals surface area contributed by atoms with Crippen LogP contribution < -0.4 is 5.32 Å². The van der Waals surface area contributed by atoms with E-state index in [0.717, 1.165) is 5.75 Å². The van der Waals surface area contributed by atoms with Gasteiger partial charge in [0.15, 0.2) is 0 Å². The second-order valence-corrected chi connectivity index (χ2v) is 6.36. The van der Waals surface area contributed by atoms with Gasteiger partial charge in [-0.05, 0) is 25.4 Å². The third kappa shape index (κ3) is 2.49. The van der Waals surface area contributed by atoms with Crippen molar-refractivity contribution in [3.8, 4) is 0 Å². The van der Waals surface area contributed by atoms with Gasteiger partial charge in [0.05, 0.1) is 6.04 Å². The van der Waals surface area contributed by atoms with Crippen LogP contribution in [0.25, 0.3) is 0 Å². The van der Waals surface area contributed by atoms with E-state index in [1.165, 1.54) is 0 Å². The lowest BCUT2D eigenvalue weighted by Gasteiger charge is -2.44. The van der Waals surface area contributed by atoms with Crippen LogP contribution in [0.2, 0.25) is 10.4 Å². The molecule has 1 atom stereocenters. The van der Waals surface area contributed by atoms with Gasteiger partial charge in [0.2, 0.25) is 5.28 Å². The molecule has 1 aliphatic rings. The van der Waals surface area contributed by atoms with Crippen LogP contribution in [0.5, 0.6) is 0 Å². The maximum atomic E-state index is 5.79. The molecule has 1 aromatic rings. The molecule has 1 unspecified atom stereocenters. The second kappa shape index (κ2) is 4.00. The third-order valence-corrected chi connectivity index (χ3v) is 4.34. The van der Waals surface area contributed by atoms with E-state index in [9.17, 15) is 0 Å². The first kappa shape index (κ1) is 11.3. The van der Waals surface area contributed by atoms with E-state index in [0.29, 0.717) is 17.0 Å². The molecule has 0 spiro atoms. The molecule has 0 saturated carbocycles. The molecule has 2 rings (SSSR count). The molecule has 2 heterocycles. The molecule has 3 nitrogen and oxygen atoms in total. The summed E-state index contributed by atoms with van der Waals surface area (Å²) in [5, 5.41) is 3.85. The molecule has 0 aliphatic carbocycles. The molecular weight excluding hydrogens is 253 g/mol. The number of nitrogens with zero attached hydrogens (tertiary/aromatic N) is 2. The maximum Gasteiger partial charge on any atom is 0.225 e.